The van der Waals surface area contributed by atoms with E-state index in [9.17, 15) is 4.79 Å². The Balaban J connectivity index is 1.62. The lowest BCUT2D eigenvalue weighted by atomic mass is 10.1. The predicted molar refractivity (Wildman–Crippen MR) is 127 cm³/mol. The summed E-state index contributed by atoms with van der Waals surface area (Å²) in [6.45, 7) is 4.87. The summed E-state index contributed by atoms with van der Waals surface area (Å²) in [5.41, 5.74) is 3.76. The number of aryl methyl sites for hydroxylation is 1. The Morgan fingerprint density at radius 3 is 2.39 bits per heavy atom. The minimum Gasteiger partial charge on any atom is -0.490 e. The first-order valence-corrected chi connectivity index (χ1v) is 10.6. The van der Waals surface area contributed by atoms with Crippen molar-refractivity contribution in [3.63, 3.8) is 0 Å². The number of hydrogen-bond donors (Lipinski definition) is 2. The molecule has 0 unspecified atom stereocenters. The van der Waals surface area contributed by atoms with Crippen molar-refractivity contribution < 1.29 is 14.3 Å². The molecule has 0 saturated carbocycles. The number of anilines is 2. The van der Waals surface area contributed by atoms with Crippen LogP contribution in [0.5, 0.6) is 11.5 Å². The van der Waals surface area contributed by atoms with Crippen molar-refractivity contribution in [1.82, 2.24) is 0 Å². The minimum atomic E-state index is -0.271. The standard InChI is InChI=1S/C24H24Cl2N2O3/c1-3-30-23-12-17(14-27-21-13-19(26)6-4-16(21)2)5-11-22(23)31-15-24(29)28-20-9-7-18(25)8-10-20/h4-13,27H,3,14-15H2,1-2H3,(H,28,29). The zero-order chi connectivity index (χ0) is 22.2. The van der Waals surface area contributed by atoms with Crippen LogP contribution in [0.25, 0.3) is 0 Å². The van der Waals surface area contributed by atoms with Gasteiger partial charge < -0.3 is 20.1 Å². The van der Waals surface area contributed by atoms with Crippen LogP contribution >= 0.6 is 23.2 Å². The molecular weight excluding hydrogens is 435 g/mol. The minimum absolute atomic E-state index is 0.137. The quantitative estimate of drug-likeness (QED) is 0.393. The van der Waals surface area contributed by atoms with Crippen LogP contribution in [0.2, 0.25) is 10.0 Å². The van der Waals surface area contributed by atoms with E-state index < -0.39 is 0 Å². The third kappa shape index (κ3) is 6.81. The lowest BCUT2D eigenvalue weighted by Gasteiger charge is -2.15. The highest BCUT2D eigenvalue weighted by atomic mass is 35.5. The van der Waals surface area contributed by atoms with Crippen LogP contribution in [0, 0.1) is 6.92 Å². The maximum atomic E-state index is 12.2. The highest BCUT2D eigenvalue weighted by Crippen LogP contribution is 2.29. The second kappa shape index (κ2) is 10.9. The fourth-order valence-electron chi connectivity index (χ4n) is 2.91. The van der Waals surface area contributed by atoms with Crippen molar-refractivity contribution in [3.05, 3.63) is 81.8 Å². The van der Waals surface area contributed by atoms with Gasteiger partial charge in [0.15, 0.2) is 18.1 Å². The van der Waals surface area contributed by atoms with Crippen LogP contribution in [-0.2, 0) is 11.3 Å². The Morgan fingerprint density at radius 2 is 1.65 bits per heavy atom. The summed E-state index contributed by atoms with van der Waals surface area (Å²) in [6, 6.07) is 18.3. The van der Waals surface area contributed by atoms with Gasteiger partial charge in [0.05, 0.1) is 6.61 Å². The lowest BCUT2D eigenvalue weighted by molar-refractivity contribution is -0.118. The number of hydrogen-bond acceptors (Lipinski definition) is 4. The summed E-state index contributed by atoms with van der Waals surface area (Å²) >= 11 is 11.9. The van der Waals surface area contributed by atoms with Gasteiger partial charge in [-0.2, -0.15) is 0 Å². The molecule has 1 amide bonds. The highest BCUT2D eigenvalue weighted by molar-refractivity contribution is 6.31. The largest absolute Gasteiger partial charge is 0.490 e. The van der Waals surface area contributed by atoms with Crippen molar-refractivity contribution in [3.8, 4) is 11.5 Å². The number of benzene rings is 3. The van der Waals surface area contributed by atoms with Crippen LogP contribution in [-0.4, -0.2) is 19.1 Å². The van der Waals surface area contributed by atoms with E-state index in [0.717, 1.165) is 16.8 Å². The van der Waals surface area contributed by atoms with Gasteiger partial charge in [0.1, 0.15) is 0 Å². The lowest BCUT2D eigenvalue weighted by Crippen LogP contribution is -2.20. The van der Waals surface area contributed by atoms with Crippen molar-refractivity contribution >= 4 is 40.5 Å². The molecule has 0 aliphatic heterocycles. The van der Waals surface area contributed by atoms with Crippen LogP contribution < -0.4 is 20.1 Å². The van der Waals surface area contributed by atoms with Crippen LogP contribution in [0.4, 0.5) is 11.4 Å². The average molecular weight is 459 g/mol. The maximum Gasteiger partial charge on any atom is 0.262 e. The predicted octanol–water partition coefficient (Wildman–Crippen LogP) is 6.33. The normalized spacial score (nSPS) is 10.5. The summed E-state index contributed by atoms with van der Waals surface area (Å²) in [5.74, 6) is 0.826. The van der Waals surface area contributed by atoms with Crippen LogP contribution in [0.15, 0.2) is 60.7 Å². The fraction of sp³-hybridized carbons (Fsp3) is 0.208. The summed E-state index contributed by atoms with van der Waals surface area (Å²) in [4.78, 5) is 12.2. The van der Waals surface area contributed by atoms with Gasteiger partial charge in [-0.25, -0.2) is 0 Å². The Labute approximate surface area is 192 Å². The summed E-state index contributed by atoms with van der Waals surface area (Å²) in [5, 5.41) is 7.44. The Kier molecular flexibility index (Phi) is 8.04. The van der Waals surface area contributed by atoms with E-state index in [1.165, 1.54) is 0 Å². The topological polar surface area (TPSA) is 59.6 Å². The van der Waals surface area contributed by atoms with Crippen molar-refractivity contribution in [1.29, 1.82) is 0 Å². The number of ether oxygens (including phenoxy) is 2. The number of amides is 1. The van der Waals surface area contributed by atoms with Crippen molar-refractivity contribution in [2.45, 2.75) is 20.4 Å². The molecule has 5 nitrogen and oxygen atoms in total. The fourth-order valence-corrected chi connectivity index (χ4v) is 3.20. The molecule has 0 atom stereocenters. The molecule has 3 aromatic rings. The first-order valence-electron chi connectivity index (χ1n) is 9.88. The van der Waals surface area contributed by atoms with Crippen LogP contribution in [0.3, 0.4) is 0 Å². The van der Waals surface area contributed by atoms with E-state index in [1.54, 1.807) is 24.3 Å². The molecule has 0 saturated heterocycles. The number of rotatable bonds is 9. The first-order chi connectivity index (χ1) is 14.9. The summed E-state index contributed by atoms with van der Waals surface area (Å²) in [6.07, 6.45) is 0. The zero-order valence-corrected chi connectivity index (χ0v) is 18.9. The van der Waals surface area contributed by atoms with Crippen molar-refractivity contribution in [2.75, 3.05) is 23.8 Å². The Bertz CT molecular complexity index is 1040. The molecule has 3 aromatic carbocycles. The molecule has 0 fully saturated rings. The average Bonchev–Trinajstić information content (AvgIpc) is 2.75. The van der Waals surface area contributed by atoms with E-state index in [0.29, 0.717) is 40.4 Å². The van der Waals surface area contributed by atoms with Crippen LogP contribution in [0.1, 0.15) is 18.1 Å². The molecule has 31 heavy (non-hydrogen) atoms. The molecule has 0 bridgehead atoms. The summed E-state index contributed by atoms with van der Waals surface area (Å²) < 4.78 is 11.4. The second-order valence-electron chi connectivity index (χ2n) is 6.87. The van der Waals surface area contributed by atoms with E-state index in [-0.39, 0.29) is 12.5 Å². The van der Waals surface area contributed by atoms with Gasteiger partial charge in [0.2, 0.25) is 0 Å². The molecule has 0 aromatic heterocycles. The van der Waals surface area contributed by atoms with E-state index in [1.807, 2.05) is 50.2 Å². The molecule has 3 rings (SSSR count). The van der Waals surface area contributed by atoms with E-state index in [2.05, 4.69) is 10.6 Å². The number of nitrogens with one attached hydrogen (secondary N) is 2. The Morgan fingerprint density at radius 1 is 0.903 bits per heavy atom. The number of carbonyl (C=O) groups is 1. The molecule has 0 spiro atoms. The molecule has 0 aliphatic rings. The molecular formula is C24H24Cl2N2O3. The maximum absolute atomic E-state index is 12.2. The van der Waals surface area contributed by atoms with E-state index >= 15 is 0 Å². The highest BCUT2D eigenvalue weighted by Gasteiger charge is 2.10. The van der Waals surface area contributed by atoms with Gasteiger partial charge in [0.25, 0.3) is 5.91 Å². The molecule has 0 aliphatic carbocycles. The Hall–Kier alpha value is -2.89. The van der Waals surface area contributed by atoms with Gasteiger partial charge >= 0.3 is 0 Å². The smallest absolute Gasteiger partial charge is 0.262 e. The van der Waals surface area contributed by atoms with E-state index in [4.69, 9.17) is 32.7 Å². The van der Waals surface area contributed by atoms with Gasteiger partial charge in [-0.15, -0.1) is 0 Å². The summed E-state index contributed by atoms with van der Waals surface area (Å²) in [7, 11) is 0. The third-order valence-corrected chi connectivity index (χ3v) is 4.96. The molecule has 162 valence electrons. The van der Waals surface area contributed by atoms with Crippen molar-refractivity contribution in [2.24, 2.45) is 0 Å². The SMILES string of the molecule is CCOc1cc(CNc2cc(Cl)ccc2C)ccc1OCC(=O)Nc1ccc(Cl)cc1. The number of halogens is 2. The molecule has 0 radical (unpaired) electrons. The second-order valence-corrected chi connectivity index (χ2v) is 7.74. The van der Waals surface area contributed by atoms with Gasteiger partial charge in [0, 0.05) is 28.0 Å². The van der Waals surface area contributed by atoms with Gasteiger partial charge in [-0.3, -0.25) is 4.79 Å². The van der Waals surface area contributed by atoms with Gasteiger partial charge in [-0.05, 0) is 73.5 Å². The third-order valence-electron chi connectivity index (χ3n) is 4.48. The molecule has 7 heteroatoms. The first kappa shape index (κ1) is 22.8. The zero-order valence-electron chi connectivity index (χ0n) is 17.4. The molecule has 0 heterocycles. The monoisotopic (exact) mass is 458 g/mol. The molecule has 2 N–H and O–H groups in total. The van der Waals surface area contributed by atoms with Gasteiger partial charge in [-0.1, -0.05) is 35.3 Å². The number of carbonyl (C=O) groups excluding carboxylic acids is 1.